The van der Waals surface area contributed by atoms with E-state index in [1.165, 1.54) is 17.4 Å². The minimum atomic E-state index is -0.341. The minimum Gasteiger partial charge on any atom is -0.423 e. The van der Waals surface area contributed by atoms with Gasteiger partial charge in [0.25, 0.3) is 6.01 Å². The molecule has 1 aliphatic rings. The monoisotopic (exact) mass is 486 g/mol. The Morgan fingerprint density at radius 3 is 2.51 bits per heavy atom. The summed E-state index contributed by atoms with van der Waals surface area (Å²) in [7, 11) is 0. The van der Waals surface area contributed by atoms with Crippen molar-refractivity contribution in [3.63, 3.8) is 0 Å². The van der Waals surface area contributed by atoms with E-state index in [-0.39, 0.29) is 17.6 Å². The van der Waals surface area contributed by atoms with Crippen molar-refractivity contribution >= 4 is 55.4 Å². The Hall–Kier alpha value is -3.78. The van der Waals surface area contributed by atoms with Crippen LogP contribution in [0.1, 0.15) is 18.4 Å². The van der Waals surface area contributed by atoms with Gasteiger partial charge in [0.2, 0.25) is 5.91 Å². The Morgan fingerprint density at radius 1 is 1.03 bits per heavy atom. The average molecular weight is 487 g/mol. The van der Waals surface area contributed by atoms with Crippen LogP contribution >= 0.6 is 11.3 Å². The van der Waals surface area contributed by atoms with Crippen LogP contribution in [0.5, 0.6) is 0 Å². The van der Waals surface area contributed by atoms with E-state index >= 15 is 0 Å². The molecule has 8 heteroatoms. The molecule has 0 aliphatic carbocycles. The molecule has 1 amide bonds. The minimum absolute atomic E-state index is 0.0653. The lowest BCUT2D eigenvalue weighted by Crippen LogP contribution is -2.41. The molecule has 1 fully saturated rings. The van der Waals surface area contributed by atoms with E-state index in [4.69, 9.17) is 9.40 Å². The van der Waals surface area contributed by atoms with E-state index in [0.29, 0.717) is 48.3 Å². The van der Waals surface area contributed by atoms with Gasteiger partial charge in [0.05, 0.1) is 15.9 Å². The Labute approximate surface area is 205 Å². The van der Waals surface area contributed by atoms with Gasteiger partial charge in [-0.2, -0.15) is 4.98 Å². The maximum atomic E-state index is 14.5. The molecular formula is C27H23FN4O2S. The third-order valence-corrected chi connectivity index (χ3v) is 7.53. The number of fused-ring (bicyclic) bond motifs is 2. The molecule has 1 aliphatic heterocycles. The lowest BCUT2D eigenvalue weighted by molar-refractivity contribution is -0.122. The van der Waals surface area contributed by atoms with Crippen molar-refractivity contribution < 1.29 is 13.6 Å². The van der Waals surface area contributed by atoms with E-state index in [1.54, 1.807) is 24.0 Å². The highest BCUT2D eigenvalue weighted by Crippen LogP contribution is 2.37. The molecule has 0 unspecified atom stereocenters. The largest absolute Gasteiger partial charge is 0.423 e. The number of anilines is 3. The second-order valence-electron chi connectivity index (χ2n) is 8.80. The van der Waals surface area contributed by atoms with E-state index in [9.17, 15) is 9.18 Å². The fourth-order valence-electron chi connectivity index (χ4n) is 4.50. The van der Waals surface area contributed by atoms with Gasteiger partial charge in [-0.25, -0.2) is 9.37 Å². The second-order valence-corrected chi connectivity index (χ2v) is 9.81. The molecule has 6 rings (SSSR count). The number of amides is 1. The van der Waals surface area contributed by atoms with E-state index < -0.39 is 0 Å². The van der Waals surface area contributed by atoms with Crippen molar-refractivity contribution in [3.05, 3.63) is 78.1 Å². The molecule has 1 saturated heterocycles. The Balaban J connectivity index is 1.28. The zero-order valence-electron chi connectivity index (χ0n) is 19.1. The average Bonchev–Trinajstić information content (AvgIpc) is 3.50. The van der Waals surface area contributed by atoms with Crippen LogP contribution in [-0.2, 0) is 4.79 Å². The first-order valence-corrected chi connectivity index (χ1v) is 12.4. The van der Waals surface area contributed by atoms with Crippen molar-refractivity contribution in [2.24, 2.45) is 5.92 Å². The molecule has 0 saturated carbocycles. The van der Waals surface area contributed by atoms with Crippen LogP contribution in [0.2, 0.25) is 0 Å². The number of aryl methyl sites for hydroxylation is 1. The van der Waals surface area contributed by atoms with Gasteiger partial charge in [-0.3, -0.25) is 9.69 Å². The van der Waals surface area contributed by atoms with Gasteiger partial charge in [-0.1, -0.05) is 41.7 Å². The summed E-state index contributed by atoms with van der Waals surface area (Å²) in [6, 6.07) is 21.0. The number of carbonyl (C=O) groups is 1. The van der Waals surface area contributed by atoms with Gasteiger partial charge < -0.3 is 9.32 Å². The number of thiazole rings is 1. The van der Waals surface area contributed by atoms with Gasteiger partial charge in [0.15, 0.2) is 10.7 Å². The molecular weight excluding hydrogens is 463 g/mol. The highest BCUT2D eigenvalue weighted by molar-refractivity contribution is 7.22. The van der Waals surface area contributed by atoms with Crippen LogP contribution in [0.25, 0.3) is 21.3 Å². The fraction of sp³-hybridized carbons (Fsp3) is 0.222. The molecule has 5 aromatic rings. The number of para-hydroxylation sites is 3. The summed E-state index contributed by atoms with van der Waals surface area (Å²) < 4.78 is 21.4. The Kier molecular flexibility index (Phi) is 5.45. The SMILES string of the molecule is Cc1ccc(N(C(=O)C2CCN(c3nc4ccccc4o3)CC2)c2nc3ccccc3s2)cc1F. The van der Waals surface area contributed by atoms with E-state index in [0.717, 1.165) is 21.3 Å². The molecule has 3 heterocycles. The molecule has 35 heavy (non-hydrogen) atoms. The maximum absolute atomic E-state index is 14.5. The number of rotatable bonds is 4. The van der Waals surface area contributed by atoms with Crippen molar-refractivity contribution in [2.75, 3.05) is 22.9 Å². The fourth-order valence-corrected chi connectivity index (χ4v) is 5.50. The summed E-state index contributed by atoms with van der Waals surface area (Å²) in [6.45, 7) is 3.02. The zero-order chi connectivity index (χ0) is 23.9. The first-order valence-electron chi connectivity index (χ1n) is 11.6. The predicted molar refractivity (Wildman–Crippen MR) is 137 cm³/mol. The number of halogens is 1. The van der Waals surface area contributed by atoms with E-state index in [1.807, 2.05) is 48.5 Å². The lowest BCUT2D eigenvalue weighted by Gasteiger charge is -2.32. The normalized spacial score (nSPS) is 14.6. The van der Waals surface area contributed by atoms with Gasteiger partial charge in [-0.15, -0.1) is 0 Å². The predicted octanol–water partition coefficient (Wildman–Crippen LogP) is 6.47. The van der Waals surface area contributed by atoms with Crippen LogP contribution in [0.15, 0.2) is 71.1 Å². The summed E-state index contributed by atoms with van der Waals surface area (Å²) in [5, 5.41) is 0.556. The molecule has 176 valence electrons. The first kappa shape index (κ1) is 21.7. The third kappa shape index (κ3) is 4.04. The van der Waals surface area contributed by atoms with Crippen LogP contribution in [0, 0.1) is 18.7 Å². The zero-order valence-corrected chi connectivity index (χ0v) is 20.0. The van der Waals surface area contributed by atoms with Crippen LogP contribution in [0.4, 0.5) is 21.2 Å². The molecule has 2 aromatic heterocycles. The molecule has 0 spiro atoms. The molecule has 6 nitrogen and oxygen atoms in total. The molecule has 0 bridgehead atoms. The molecule has 0 N–H and O–H groups in total. The van der Waals surface area contributed by atoms with Crippen molar-refractivity contribution in [1.29, 1.82) is 0 Å². The first-order chi connectivity index (χ1) is 17.1. The highest BCUT2D eigenvalue weighted by Gasteiger charge is 2.33. The standard InChI is InChI=1S/C27H23FN4O2S/c1-17-10-11-19(16-20(17)28)32(27-30-22-7-3-5-9-24(22)35-27)25(33)18-12-14-31(15-13-18)26-29-21-6-2-4-8-23(21)34-26/h2-11,16,18H,12-15H2,1H3. The Bertz CT molecular complexity index is 1470. The van der Waals surface area contributed by atoms with E-state index in [2.05, 4.69) is 9.88 Å². The molecule has 3 aromatic carbocycles. The van der Waals surface area contributed by atoms with Crippen LogP contribution < -0.4 is 9.80 Å². The smallest absolute Gasteiger partial charge is 0.298 e. The maximum Gasteiger partial charge on any atom is 0.298 e. The molecule has 0 radical (unpaired) electrons. The van der Waals surface area contributed by atoms with Gasteiger partial charge in [0, 0.05) is 19.0 Å². The number of piperidine rings is 1. The lowest BCUT2D eigenvalue weighted by atomic mass is 9.95. The number of hydrogen-bond donors (Lipinski definition) is 0. The summed E-state index contributed by atoms with van der Waals surface area (Å²) in [6.07, 6.45) is 1.29. The van der Waals surface area contributed by atoms with Gasteiger partial charge >= 0.3 is 0 Å². The Morgan fingerprint density at radius 2 is 1.77 bits per heavy atom. The number of nitrogens with zero attached hydrogens (tertiary/aromatic N) is 4. The summed E-state index contributed by atoms with van der Waals surface area (Å²) in [5.74, 6) is -0.622. The number of oxazole rings is 1. The van der Waals surface area contributed by atoms with Crippen molar-refractivity contribution in [2.45, 2.75) is 19.8 Å². The van der Waals surface area contributed by atoms with Crippen molar-refractivity contribution in [3.8, 4) is 0 Å². The topological polar surface area (TPSA) is 62.5 Å². The number of carbonyl (C=O) groups excluding carboxylic acids is 1. The van der Waals surface area contributed by atoms with Crippen LogP contribution in [0.3, 0.4) is 0 Å². The van der Waals surface area contributed by atoms with Gasteiger partial charge in [-0.05, 0) is 61.7 Å². The third-order valence-electron chi connectivity index (χ3n) is 6.51. The summed E-state index contributed by atoms with van der Waals surface area (Å²) in [4.78, 5) is 26.8. The molecule has 0 atom stereocenters. The summed E-state index contributed by atoms with van der Waals surface area (Å²) in [5.41, 5.74) is 3.44. The highest BCUT2D eigenvalue weighted by atomic mass is 32.1. The quantitative estimate of drug-likeness (QED) is 0.291. The number of hydrogen-bond acceptors (Lipinski definition) is 6. The van der Waals surface area contributed by atoms with Crippen molar-refractivity contribution in [1.82, 2.24) is 9.97 Å². The van der Waals surface area contributed by atoms with Gasteiger partial charge in [0.1, 0.15) is 11.3 Å². The number of benzene rings is 3. The summed E-state index contributed by atoms with van der Waals surface area (Å²) >= 11 is 1.44. The second kappa shape index (κ2) is 8.78. The number of aromatic nitrogens is 2. The van der Waals surface area contributed by atoms with Crippen LogP contribution in [-0.4, -0.2) is 29.0 Å².